The molecule has 4 nitrogen and oxygen atoms in total. The third kappa shape index (κ3) is 2.50. The standard InChI is InChI=1S/C17H28N2O2/c1-11(19-16(20)15-10-18-2-3-21-15)17-7-12-4-13(8-17)6-14(5-12)9-17/h11-15,18H,2-10H2,1H3,(H,19,20). The van der Waals surface area contributed by atoms with E-state index in [9.17, 15) is 4.79 Å². The van der Waals surface area contributed by atoms with Crippen molar-refractivity contribution in [2.24, 2.45) is 23.2 Å². The van der Waals surface area contributed by atoms with E-state index in [1.807, 2.05) is 0 Å². The number of nitrogens with one attached hydrogen (secondary N) is 2. The van der Waals surface area contributed by atoms with Crippen molar-refractivity contribution in [3.8, 4) is 0 Å². The zero-order chi connectivity index (χ0) is 14.4. The zero-order valence-corrected chi connectivity index (χ0v) is 13.1. The molecule has 2 unspecified atom stereocenters. The van der Waals surface area contributed by atoms with Crippen LogP contribution in [0.1, 0.15) is 45.4 Å². The summed E-state index contributed by atoms with van der Waals surface area (Å²) in [7, 11) is 0. The minimum atomic E-state index is -0.296. The van der Waals surface area contributed by atoms with Gasteiger partial charge in [0.2, 0.25) is 0 Å². The summed E-state index contributed by atoms with van der Waals surface area (Å²) in [6, 6.07) is 0.295. The van der Waals surface area contributed by atoms with Crippen molar-refractivity contribution in [1.29, 1.82) is 0 Å². The summed E-state index contributed by atoms with van der Waals surface area (Å²) in [4.78, 5) is 12.4. The van der Waals surface area contributed by atoms with Crippen molar-refractivity contribution in [1.82, 2.24) is 10.6 Å². The van der Waals surface area contributed by atoms with Crippen LogP contribution in [0.3, 0.4) is 0 Å². The molecular formula is C17H28N2O2. The van der Waals surface area contributed by atoms with Crippen LogP contribution in [0.15, 0.2) is 0 Å². The van der Waals surface area contributed by atoms with Gasteiger partial charge in [-0.25, -0.2) is 0 Å². The Morgan fingerprint density at radius 3 is 2.33 bits per heavy atom. The third-order valence-corrected chi connectivity index (χ3v) is 6.58. The first-order chi connectivity index (χ1) is 10.1. The van der Waals surface area contributed by atoms with Gasteiger partial charge in [-0.3, -0.25) is 4.79 Å². The second kappa shape index (κ2) is 5.24. The summed E-state index contributed by atoms with van der Waals surface area (Å²) >= 11 is 0. The number of hydrogen-bond acceptors (Lipinski definition) is 3. The lowest BCUT2D eigenvalue weighted by atomic mass is 9.48. The van der Waals surface area contributed by atoms with Gasteiger partial charge >= 0.3 is 0 Å². The molecule has 21 heavy (non-hydrogen) atoms. The number of rotatable bonds is 3. The highest BCUT2D eigenvalue weighted by molar-refractivity contribution is 5.81. The molecule has 2 N–H and O–H groups in total. The van der Waals surface area contributed by atoms with Crippen molar-refractivity contribution in [3.63, 3.8) is 0 Å². The van der Waals surface area contributed by atoms with Gasteiger partial charge in [0.25, 0.3) is 5.91 Å². The van der Waals surface area contributed by atoms with Crippen molar-refractivity contribution in [3.05, 3.63) is 0 Å². The maximum atomic E-state index is 12.4. The molecule has 5 rings (SSSR count). The van der Waals surface area contributed by atoms with E-state index >= 15 is 0 Å². The van der Waals surface area contributed by atoms with Crippen LogP contribution in [0.25, 0.3) is 0 Å². The lowest BCUT2D eigenvalue weighted by Crippen LogP contribution is -2.58. The Morgan fingerprint density at radius 2 is 1.81 bits per heavy atom. The fourth-order valence-electron chi connectivity index (χ4n) is 5.90. The maximum absolute atomic E-state index is 12.4. The minimum Gasteiger partial charge on any atom is -0.366 e. The first-order valence-electron chi connectivity index (χ1n) is 8.77. The molecule has 1 saturated heterocycles. The van der Waals surface area contributed by atoms with Gasteiger partial charge in [0.15, 0.2) is 0 Å². The SMILES string of the molecule is CC(NC(=O)C1CNCCO1)C12CC3CC(CC(C3)C1)C2. The van der Waals surface area contributed by atoms with Crippen molar-refractivity contribution in [2.75, 3.05) is 19.7 Å². The molecule has 0 radical (unpaired) electrons. The second-order valence-corrected chi connectivity index (χ2v) is 8.07. The summed E-state index contributed by atoms with van der Waals surface area (Å²) in [5, 5.41) is 6.54. The monoisotopic (exact) mass is 292 g/mol. The van der Waals surface area contributed by atoms with Gasteiger partial charge in [0, 0.05) is 19.1 Å². The molecule has 1 aliphatic heterocycles. The van der Waals surface area contributed by atoms with E-state index in [1.54, 1.807) is 0 Å². The van der Waals surface area contributed by atoms with Crippen LogP contribution in [0.2, 0.25) is 0 Å². The van der Waals surface area contributed by atoms with Gasteiger partial charge in [0.05, 0.1) is 6.61 Å². The van der Waals surface area contributed by atoms with Crippen LogP contribution < -0.4 is 10.6 Å². The largest absolute Gasteiger partial charge is 0.366 e. The number of morpholine rings is 1. The Balaban J connectivity index is 1.42. The fraction of sp³-hybridized carbons (Fsp3) is 0.941. The van der Waals surface area contributed by atoms with Gasteiger partial charge < -0.3 is 15.4 Å². The average molecular weight is 292 g/mol. The van der Waals surface area contributed by atoms with Crippen molar-refractivity contribution in [2.45, 2.75) is 57.6 Å². The smallest absolute Gasteiger partial charge is 0.250 e. The van der Waals surface area contributed by atoms with Crippen LogP contribution in [0.5, 0.6) is 0 Å². The molecule has 0 aromatic carbocycles. The number of amides is 1. The molecule has 0 aromatic rings. The summed E-state index contributed by atoms with van der Waals surface area (Å²) in [6.45, 7) is 4.39. The molecule has 0 spiro atoms. The molecule has 118 valence electrons. The molecule has 4 saturated carbocycles. The number of carbonyl (C=O) groups is 1. The predicted octanol–water partition coefficient (Wildman–Crippen LogP) is 1.70. The Morgan fingerprint density at radius 1 is 1.19 bits per heavy atom. The van der Waals surface area contributed by atoms with E-state index in [2.05, 4.69) is 17.6 Å². The quantitative estimate of drug-likeness (QED) is 0.832. The molecular weight excluding hydrogens is 264 g/mol. The van der Waals surface area contributed by atoms with Gasteiger partial charge in [-0.1, -0.05) is 0 Å². The molecule has 2 atom stereocenters. The molecule has 5 fully saturated rings. The number of carbonyl (C=O) groups excluding carboxylic acids is 1. The van der Waals surface area contributed by atoms with Crippen LogP contribution in [-0.4, -0.2) is 37.7 Å². The van der Waals surface area contributed by atoms with Crippen LogP contribution in [-0.2, 0) is 9.53 Å². The van der Waals surface area contributed by atoms with Gasteiger partial charge in [0.1, 0.15) is 6.10 Å². The first-order valence-corrected chi connectivity index (χ1v) is 8.77. The molecule has 4 bridgehead atoms. The highest BCUT2D eigenvalue weighted by atomic mass is 16.5. The molecule has 1 amide bonds. The van der Waals surface area contributed by atoms with E-state index in [4.69, 9.17) is 4.74 Å². The Kier molecular flexibility index (Phi) is 3.49. The van der Waals surface area contributed by atoms with E-state index in [1.165, 1.54) is 38.5 Å². The van der Waals surface area contributed by atoms with Crippen LogP contribution in [0, 0.1) is 23.2 Å². The molecule has 1 heterocycles. The Labute approximate surface area is 127 Å². The predicted molar refractivity (Wildman–Crippen MR) is 80.8 cm³/mol. The molecule has 0 aromatic heterocycles. The Hall–Kier alpha value is -0.610. The number of hydrogen-bond donors (Lipinski definition) is 2. The third-order valence-electron chi connectivity index (χ3n) is 6.58. The molecule has 4 aliphatic carbocycles. The van der Waals surface area contributed by atoms with E-state index < -0.39 is 0 Å². The van der Waals surface area contributed by atoms with Gasteiger partial charge in [-0.2, -0.15) is 0 Å². The molecule has 5 aliphatic rings. The van der Waals surface area contributed by atoms with E-state index in [0.29, 0.717) is 24.6 Å². The van der Waals surface area contributed by atoms with Crippen molar-refractivity contribution < 1.29 is 9.53 Å². The second-order valence-electron chi connectivity index (χ2n) is 8.07. The minimum absolute atomic E-state index is 0.0884. The fourth-order valence-corrected chi connectivity index (χ4v) is 5.90. The summed E-state index contributed by atoms with van der Waals surface area (Å²) < 4.78 is 5.58. The summed E-state index contributed by atoms with van der Waals surface area (Å²) in [5.74, 6) is 2.89. The number of ether oxygens (including phenoxy) is 1. The zero-order valence-electron chi connectivity index (χ0n) is 13.1. The van der Waals surface area contributed by atoms with Crippen LogP contribution in [0.4, 0.5) is 0 Å². The van der Waals surface area contributed by atoms with Crippen LogP contribution >= 0.6 is 0 Å². The summed E-state index contributed by atoms with van der Waals surface area (Å²) in [5.41, 5.74) is 0.381. The van der Waals surface area contributed by atoms with E-state index in [0.717, 1.165) is 24.3 Å². The van der Waals surface area contributed by atoms with Gasteiger partial charge in [-0.05, 0) is 68.6 Å². The lowest BCUT2D eigenvalue weighted by Gasteiger charge is -2.59. The lowest BCUT2D eigenvalue weighted by molar-refractivity contribution is -0.138. The van der Waals surface area contributed by atoms with E-state index in [-0.39, 0.29) is 12.0 Å². The highest BCUT2D eigenvalue weighted by Gasteiger charge is 2.53. The first kappa shape index (κ1) is 14.0. The Bertz CT molecular complexity index is 382. The summed E-state index contributed by atoms with van der Waals surface area (Å²) in [6.07, 6.45) is 8.08. The maximum Gasteiger partial charge on any atom is 0.250 e. The topological polar surface area (TPSA) is 50.4 Å². The normalized spacial score (nSPS) is 46.3. The highest BCUT2D eigenvalue weighted by Crippen LogP contribution is 2.61. The van der Waals surface area contributed by atoms with Gasteiger partial charge in [-0.15, -0.1) is 0 Å². The molecule has 4 heteroatoms. The van der Waals surface area contributed by atoms with Crippen molar-refractivity contribution >= 4 is 5.91 Å². The average Bonchev–Trinajstić information content (AvgIpc) is 2.46.